The number of carbonyl (C=O) groups is 10. The van der Waals surface area contributed by atoms with Gasteiger partial charge in [-0.05, 0) is 283 Å². The zero-order chi connectivity index (χ0) is 86.5. The molecule has 6 N–H and O–H groups in total. The molecular weight excluding hydrogens is 1410 g/mol. The second-order valence-electron chi connectivity index (χ2n) is 40.1. The second-order valence-corrected chi connectivity index (χ2v) is 40.1. The Kier molecular flexibility index (Phi) is 45.7. The fraction of sp³-hybridized carbons (Fsp3) is 0.894. The van der Waals surface area contributed by atoms with Crippen LogP contribution in [0.2, 0.25) is 0 Å². The maximum absolute atomic E-state index is 11.6. The lowest BCUT2D eigenvalue weighted by Gasteiger charge is -2.38. The van der Waals surface area contributed by atoms with Crippen LogP contribution in [-0.2, 0) is 57.4 Å². The molecular formula is C94H170N2O16. The molecule has 112 heavy (non-hydrogen) atoms. The van der Waals surface area contributed by atoms with E-state index in [2.05, 4.69) is 38.3 Å². The van der Waals surface area contributed by atoms with Gasteiger partial charge in [-0.25, -0.2) is 0 Å². The van der Waals surface area contributed by atoms with Gasteiger partial charge in [0.1, 0.15) is 46.3 Å². The van der Waals surface area contributed by atoms with Gasteiger partial charge in [0.15, 0.2) is 0 Å². The number of carbonyl (C=O) groups excluding carboxylic acids is 10. The minimum Gasteiger partial charge on any atom is -0.393 e. The maximum atomic E-state index is 11.6. The van der Waals surface area contributed by atoms with Crippen LogP contribution in [0.3, 0.4) is 0 Å². The van der Waals surface area contributed by atoms with Crippen molar-refractivity contribution in [3.8, 4) is 0 Å². The van der Waals surface area contributed by atoms with E-state index in [1.54, 1.807) is 83.5 Å². The molecule has 0 radical (unpaired) electrons. The average molecular weight is 1580 g/mol. The molecule has 0 unspecified atom stereocenters. The lowest BCUT2D eigenvalue weighted by molar-refractivity contribution is -0.132. The minimum absolute atomic E-state index is 0.0336. The molecule has 0 aromatic rings. The molecule has 0 bridgehead atoms. The van der Waals surface area contributed by atoms with Gasteiger partial charge in [-0.1, -0.05) is 136 Å². The number of rotatable bonds is 20. The monoisotopic (exact) mass is 1580 g/mol. The third-order valence-corrected chi connectivity index (χ3v) is 30.3. The number of hydrogen-bond acceptors (Lipinski definition) is 16. The lowest BCUT2D eigenvalue weighted by atomic mass is 9.68. The molecule has 8 aliphatic carbocycles. The molecule has 8 rings (SSSR count). The van der Waals surface area contributed by atoms with E-state index in [4.69, 9.17) is 9.47 Å². The number of ether oxygens (including phenoxy) is 2. The molecule has 18 heteroatoms. The van der Waals surface area contributed by atoms with Crippen molar-refractivity contribution in [3.63, 3.8) is 0 Å². The molecule has 652 valence electrons. The Labute approximate surface area is 682 Å². The summed E-state index contributed by atoms with van der Waals surface area (Å²) in [4.78, 5) is 114. The van der Waals surface area contributed by atoms with E-state index in [0.717, 1.165) is 205 Å². The Balaban J connectivity index is 0.000000641. The summed E-state index contributed by atoms with van der Waals surface area (Å²) >= 11 is 0. The summed E-state index contributed by atoms with van der Waals surface area (Å²) in [6.07, 6.45) is 32.8. The smallest absolute Gasteiger partial charge is 0.217 e. The number of methoxy groups -OCH3 is 2. The van der Waals surface area contributed by atoms with Gasteiger partial charge >= 0.3 is 0 Å². The van der Waals surface area contributed by atoms with Crippen LogP contribution in [0.25, 0.3) is 0 Å². The molecule has 18 nitrogen and oxygen atoms in total. The Hall–Kier alpha value is -3.94. The summed E-state index contributed by atoms with van der Waals surface area (Å²) in [5.41, 5.74) is -1.72. The first-order chi connectivity index (χ1) is 51.4. The van der Waals surface area contributed by atoms with E-state index in [0.29, 0.717) is 71.2 Å². The van der Waals surface area contributed by atoms with Crippen molar-refractivity contribution in [2.24, 2.45) is 90.7 Å². The van der Waals surface area contributed by atoms with Crippen LogP contribution in [0.15, 0.2) is 0 Å². The van der Waals surface area contributed by atoms with Gasteiger partial charge in [-0.3, -0.25) is 47.9 Å². The molecule has 0 spiro atoms. The number of hydrogen-bond donors (Lipinski definition) is 6. The standard InChI is InChI=1S/2C13H23NO2.2C12H22O2.4C11H20O2/c1-9(15)13(3,4)11-5-7-12(8-6-11)14-10(2)16;1-9(15)13(3,4)11-6-5-7-12(8-11)14-10(2)16;2*1-9(13)12(2,3)10-5-7-11(14-4)8-6-10;2*1-8(12)11(2,3)9-4-6-10(13)7-5-9;1-8(12)11(2,3)9-5-4-6-10(13)7-9;1-8(12)11(2,3)9-6-4-5-7-10(9)13/h2*11-12H,5-8H2,1-4H3,(H,14,16);2*10-11H,5-8H2,1-4H3;4*9-10,13H,4-7H2,1-3H3/t;11-,12+;;;;;9-,10+;9-,10-/m.1....11/s1. The van der Waals surface area contributed by atoms with Gasteiger partial charge in [-0.15, -0.1) is 0 Å². The Morgan fingerprint density at radius 2 is 0.500 bits per heavy atom. The highest BCUT2D eigenvalue weighted by Crippen LogP contribution is 2.46. The Morgan fingerprint density at radius 3 is 0.768 bits per heavy atom. The first-order valence-electron chi connectivity index (χ1n) is 43.8. The average Bonchev–Trinajstić information content (AvgIpc) is 0.513. The number of ketones is 8. The van der Waals surface area contributed by atoms with Crippen LogP contribution in [0.1, 0.15) is 385 Å². The quantitative estimate of drug-likeness (QED) is 0.0660. The SMILES string of the molecule is CC(=O)C(C)(C)C1CCC(O)CC1.CC(=O)C(C)(C)C1CCC(O)CC1.CC(=O)C(C)(C)[C@@H]1CCCC[C@H]1O.CC(=O)C(C)(C)[C@@H]1CCC[C@H](O)C1.CC(=O)NC1CCC(C(C)(C)C(C)=O)CC1.CC(=O)N[C@H]1CCC[C@@H](C(C)(C)C(C)=O)C1.COC1CCC(C(C)(C)C(C)=O)CC1.COC1CCC(C(C)(C)C(C)=O)CC1. The fourth-order valence-corrected chi connectivity index (χ4v) is 18.2. The number of aliphatic hydroxyl groups excluding tert-OH is 4. The Bertz CT molecular complexity index is 2790. The molecule has 8 aliphatic rings. The third-order valence-electron chi connectivity index (χ3n) is 30.3. The largest absolute Gasteiger partial charge is 0.393 e. The number of aliphatic hydroxyl groups is 4. The van der Waals surface area contributed by atoms with Crippen molar-refractivity contribution in [3.05, 3.63) is 0 Å². The lowest BCUT2D eigenvalue weighted by Crippen LogP contribution is -2.42. The van der Waals surface area contributed by atoms with Crippen LogP contribution in [0, 0.1) is 90.7 Å². The zero-order valence-electron chi connectivity index (χ0n) is 76.6. The first kappa shape index (κ1) is 106. The molecule has 0 aromatic heterocycles. The van der Waals surface area contributed by atoms with Crippen molar-refractivity contribution in [2.75, 3.05) is 14.2 Å². The van der Waals surface area contributed by atoms with Crippen LogP contribution in [-0.4, -0.2) is 141 Å². The number of amides is 2. The summed E-state index contributed by atoms with van der Waals surface area (Å²) < 4.78 is 10.7. The van der Waals surface area contributed by atoms with Gasteiger partial charge in [-0.2, -0.15) is 0 Å². The molecule has 2 amide bonds. The Morgan fingerprint density at radius 1 is 0.250 bits per heavy atom. The highest BCUT2D eigenvalue weighted by Gasteiger charge is 2.44. The van der Waals surface area contributed by atoms with Gasteiger partial charge in [0.25, 0.3) is 0 Å². The van der Waals surface area contributed by atoms with E-state index >= 15 is 0 Å². The van der Waals surface area contributed by atoms with Crippen LogP contribution in [0.5, 0.6) is 0 Å². The summed E-state index contributed by atoms with van der Waals surface area (Å²) in [6, 6.07) is 0.575. The molecule has 8 saturated carbocycles. The minimum atomic E-state index is -0.347. The van der Waals surface area contributed by atoms with Crippen molar-refractivity contribution < 1.29 is 77.8 Å². The van der Waals surface area contributed by atoms with Crippen molar-refractivity contribution in [2.45, 2.75) is 434 Å². The van der Waals surface area contributed by atoms with Gasteiger partial charge in [0.05, 0.1) is 36.6 Å². The predicted octanol–water partition coefficient (Wildman–Crippen LogP) is 18.8. The van der Waals surface area contributed by atoms with Gasteiger partial charge in [0, 0.05) is 83.5 Å². The van der Waals surface area contributed by atoms with E-state index in [9.17, 15) is 68.4 Å². The zero-order valence-corrected chi connectivity index (χ0v) is 76.6. The fourth-order valence-electron chi connectivity index (χ4n) is 18.2. The normalized spacial score (nSPS) is 28.7. The molecule has 6 atom stereocenters. The van der Waals surface area contributed by atoms with Crippen LogP contribution >= 0.6 is 0 Å². The van der Waals surface area contributed by atoms with E-state index < -0.39 is 0 Å². The summed E-state index contributed by atoms with van der Waals surface area (Å²) in [7, 11) is 3.56. The second kappa shape index (κ2) is 48.2. The molecule has 0 aliphatic heterocycles. The van der Waals surface area contributed by atoms with E-state index in [1.165, 1.54) is 0 Å². The van der Waals surface area contributed by atoms with Crippen molar-refractivity contribution in [1.82, 2.24) is 10.6 Å². The number of nitrogens with one attached hydrogen (secondary N) is 2. The van der Waals surface area contributed by atoms with Crippen molar-refractivity contribution >= 4 is 58.1 Å². The third kappa shape index (κ3) is 34.2. The van der Waals surface area contributed by atoms with Crippen molar-refractivity contribution in [1.29, 1.82) is 0 Å². The topological polar surface area (TPSA) is 294 Å². The molecule has 8 fully saturated rings. The van der Waals surface area contributed by atoms with Gasteiger partial charge < -0.3 is 40.5 Å². The summed E-state index contributed by atoms with van der Waals surface area (Å²) in [6.45, 7) is 48.9. The summed E-state index contributed by atoms with van der Waals surface area (Å²) in [5, 5.41) is 43.9. The van der Waals surface area contributed by atoms with Gasteiger partial charge in [0.2, 0.25) is 11.8 Å². The highest BCUT2D eigenvalue weighted by atomic mass is 16.5. The van der Waals surface area contributed by atoms with E-state index in [1.807, 2.05) is 83.1 Å². The van der Waals surface area contributed by atoms with Crippen LogP contribution in [0.4, 0.5) is 0 Å². The molecule has 0 aromatic carbocycles. The maximum Gasteiger partial charge on any atom is 0.217 e. The first-order valence-corrected chi connectivity index (χ1v) is 43.8. The highest BCUT2D eigenvalue weighted by molar-refractivity contribution is 5.85. The van der Waals surface area contributed by atoms with E-state index in [-0.39, 0.29) is 126 Å². The molecule has 0 saturated heterocycles. The number of Topliss-reactive ketones (excluding diaryl/α,β-unsaturated/α-hetero) is 8. The molecule has 0 heterocycles. The summed E-state index contributed by atoms with van der Waals surface area (Å²) in [5.74, 6) is 5.65. The van der Waals surface area contributed by atoms with Crippen LogP contribution < -0.4 is 10.6 Å². The predicted molar refractivity (Wildman–Crippen MR) is 452 cm³/mol.